The summed E-state index contributed by atoms with van der Waals surface area (Å²) in [6, 6.07) is 17.1. The molecule has 6 saturated carbocycles. The smallest absolute Gasteiger partial charge is 0.460 e. The largest absolute Gasteiger partial charge is 0.508 e. The number of carboxylic acid groups (broad SMARTS) is 3. The minimum Gasteiger partial charge on any atom is -0.508 e. The number of aliphatic hydroxyl groups excluding tert-OH is 3. The lowest BCUT2D eigenvalue weighted by Gasteiger charge is -2.53. The van der Waals surface area contributed by atoms with Gasteiger partial charge in [-0.1, -0.05) is 155 Å². The van der Waals surface area contributed by atoms with Gasteiger partial charge in [0.1, 0.15) is 17.2 Å². The maximum absolute atomic E-state index is 13.8. The number of halogens is 27. The molecule has 0 aromatic heterocycles. The monoisotopic (exact) mass is 2110 g/mol. The molecule has 9 N–H and O–H groups in total. The number of fused-ring (bicyclic) bond motifs is 15. The van der Waals surface area contributed by atoms with Gasteiger partial charge in [0.15, 0.2) is 0 Å². The van der Waals surface area contributed by atoms with Gasteiger partial charge in [-0.05, 0) is 330 Å². The Kier molecular flexibility index (Phi) is 39.1. The number of phenolic OH excluding ortho intramolecular Hbond substituents is 3. The first-order chi connectivity index (χ1) is 66.7. The summed E-state index contributed by atoms with van der Waals surface area (Å²) < 4.78 is 353. The van der Waals surface area contributed by atoms with Gasteiger partial charge in [0.2, 0.25) is 0 Å². The molecule has 0 saturated heterocycles. The van der Waals surface area contributed by atoms with Crippen LogP contribution in [0.3, 0.4) is 0 Å². The molecule has 6 fully saturated rings. The van der Waals surface area contributed by atoms with Gasteiger partial charge in [0.25, 0.3) is 0 Å². The van der Waals surface area contributed by atoms with Crippen LogP contribution in [0.15, 0.2) is 54.6 Å². The van der Waals surface area contributed by atoms with Crippen LogP contribution in [0.5, 0.6) is 17.2 Å². The molecule has 0 heterocycles. The van der Waals surface area contributed by atoms with E-state index < -0.39 is 165 Å². The number of carboxylic acids is 3. The van der Waals surface area contributed by atoms with E-state index in [9.17, 15) is 179 Å². The molecule has 0 bridgehead atoms. The molecule has 3 aromatic rings. The summed E-state index contributed by atoms with van der Waals surface area (Å²) in [6.45, 7) is 6.70. The Morgan fingerprint density at radius 2 is 0.500 bits per heavy atom. The highest BCUT2D eigenvalue weighted by Crippen LogP contribution is 2.68. The van der Waals surface area contributed by atoms with Crippen molar-refractivity contribution in [2.45, 2.75) is 437 Å². The standard InChI is InChI=1S/3C35H47F9O4/c3*1-31-18-16-26-25-13-12-24(45)20-23(25)19-22(29(26)27(31)14-15-28(31)46)10-7-5-3-2-4-6-9-21(30(47)48)11-8-17-32(36,37)33(38,39)34(40,41)35(42,43)44/h3*12-13,20-22,26-29,45-46H,2-11,14-19H2,1H3,(H,47,48)/t3*21?,22-,26?,27?,28+,29?,31+/m111/s1. The number of hydrogen-bond donors (Lipinski definition) is 9. The predicted octanol–water partition coefficient (Wildman–Crippen LogP) is 30.9. The Morgan fingerprint density at radius 3 is 0.715 bits per heavy atom. The van der Waals surface area contributed by atoms with Gasteiger partial charge < -0.3 is 46.0 Å². The summed E-state index contributed by atoms with van der Waals surface area (Å²) in [5.74, 6) is -59.6. The number of unbranched alkanes of at least 4 members (excludes halogenated alkanes) is 15. The van der Waals surface area contributed by atoms with Crippen LogP contribution in [0.2, 0.25) is 0 Å². The van der Waals surface area contributed by atoms with Crippen LogP contribution in [-0.4, -0.2) is 154 Å². The first kappa shape index (κ1) is 119. The van der Waals surface area contributed by atoms with E-state index in [4.69, 9.17) is 0 Å². The quantitative estimate of drug-likeness (QED) is 0.0190. The molecule has 12 rings (SSSR count). The predicted molar refractivity (Wildman–Crippen MR) is 481 cm³/mol. The molecule has 3 aromatic carbocycles. The summed E-state index contributed by atoms with van der Waals surface area (Å²) in [5.41, 5.74) is 7.36. The highest BCUT2D eigenvalue weighted by molar-refractivity contribution is 5.70. The fourth-order valence-electron chi connectivity index (χ4n) is 27.2. The van der Waals surface area contributed by atoms with E-state index in [0.29, 0.717) is 110 Å². The molecule has 0 amide bonds. The average molecular weight is 2110 g/mol. The Balaban J connectivity index is 0.000000222. The lowest BCUT2D eigenvalue weighted by Crippen LogP contribution is -2.60. The van der Waals surface area contributed by atoms with E-state index in [0.717, 1.165) is 193 Å². The summed E-state index contributed by atoms with van der Waals surface area (Å²) in [5, 5.41) is 91.2. The van der Waals surface area contributed by atoms with Crippen molar-refractivity contribution < 1.29 is 179 Å². The van der Waals surface area contributed by atoms with E-state index in [1.165, 1.54) is 33.4 Å². The lowest BCUT2D eigenvalue weighted by atomic mass is 9.52. The molecular weight excluding hydrogens is 1970 g/mol. The molecule has 0 radical (unpaired) electrons. The SMILES string of the molecule is C[C@]12CCC3c4ccc(O)cc4C[C@@H](CCCCCCCCC(CCCC(F)(F)C(F)(F)C(F)(F)C(F)(F)F)C(=O)O)C3C1CC[C@@H]2O.C[C@]12CCC3c4ccc(O)cc4C[C@@H](CCCCCCCCC(CCCC(F)(F)C(F)(F)C(F)(F)C(F)(F)F)C(=O)O)C3C1CC[C@@H]2O.C[C@]12CCC3c4ccc(O)cc4C[C@@H](CCCCCCCCC(CCCC(F)(F)C(F)(F)C(F)(F)C(F)(F)F)C(=O)O)C3C1CC[C@@H]2O. The van der Waals surface area contributed by atoms with Crippen molar-refractivity contribution in [3.05, 3.63) is 88.0 Å². The topological polar surface area (TPSA) is 233 Å². The number of carbonyl (C=O) groups is 3. The number of phenols is 3. The zero-order chi connectivity index (χ0) is 107. The first-order valence-electron chi connectivity index (χ1n) is 51.5. The molecular formula is C105H141F27O12. The van der Waals surface area contributed by atoms with Crippen molar-refractivity contribution in [2.24, 2.45) is 87.3 Å². The van der Waals surface area contributed by atoms with Crippen LogP contribution in [0.4, 0.5) is 119 Å². The van der Waals surface area contributed by atoms with E-state index in [1.54, 1.807) is 18.2 Å². The molecule has 21 atom stereocenters. The van der Waals surface area contributed by atoms with Gasteiger partial charge in [-0.25, -0.2) is 0 Å². The summed E-state index contributed by atoms with van der Waals surface area (Å²) >= 11 is 0. The Morgan fingerprint density at radius 1 is 0.292 bits per heavy atom. The highest BCUT2D eigenvalue weighted by Gasteiger charge is 2.84. The Labute approximate surface area is 822 Å². The van der Waals surface area contributed by atoms with E-state index in [-0.39, 0.29) is 71.1 Å². The Bertz CT molecular complexity index is 4210. The maximum Gasteiger partial charge on any atom is 0.460 e. The van der Waals surface area contributed by atoms with Gasteiger partial charge in [0, 0.05) is 19.3 Å². The van der Waals surface area contributed by atoms with Crippen LogP contribution < -0.4 is 0 Å². The second-order valence-corrected chi connectivity index (χ2v) is 44.3. The zero-order valence-electron chi connectivity index (χ0n) is 81.5. The van der Waals surface area contributed by atoms with Gasteiger partial charge >= 0.3 is 89.7 Å². The number of rotatable bonds is 48. The summed E-state index contributed by atoms with van der Waals surface area (Å²) in [6.07, 6.45) is -0.809. The van der Waals surface area contributed by atoms with Crippen molar-refractivity contribution in [3.63, 3.8) is 0 Å². The van der Waals surface area contributed by atoms with Crippen LogP contribution in [0.1, 0.15) is 361 Å². The average Bonchev–Trinajstić information content (AvgIpc) is 1.56. The minimum atomic E-state index is -6.94. The van der Waals surface area contributed by atoms with E-state index in [2.05, 4.69) is 39.0 Å². The van der Waals surface area contributed by atoms with E-state index >= 15 is 0 Å². The van der Waals surface area contributed by atoms with Gasteiger partial charge in [-0.3, -0.25) is 14.4 Å². The molecule has 0 aliphatic heterocycles. The maximum atomic E-state index is 13.8. The first-order valence-corrected chi connectivity index (χ1v) is 51.5. The number of aliphatic carboxylic acids is 3. The van der Waals surface area contributed by atoms with Crippen molar-refractivity contribution in [2.75, 3.05) is 0 Å². The molecule has 822 valence electrons. The van der Waals surface area contributed by atoms with Crippen molar-refractivity contribution in [1.29, 1.82) is 0 Å². The van der Waals surface area contributed by atoms with Crippen molar-refractivity contribution in [3.8, 4) is 17.2 Å². The Hall–Kier alpha value is -6.54. The second-order valence-electron chi connectivity index (χ2n) is 44.3. The fourth-order valence-corrected chi connectivity index (χ4v) is 27.2. The normalized spacial score (nSPS) is 28.4. The molecule has 9 aliphatic carbocycles. The molecule has 0 spiro atoms. The van der Waals surface area contributed by atoms with Gasteiger partial charge in [-0.15, -0.1) is 0 Å². The molecule has 12 unspecified atom stereocenters. The molecule has 9 aliphatic rings. The van der Waals surface area contributed by atoms with Gasteiger partial charge in [0.05, 0.1) is 36.1 Å². The van der Waals surface area contributed by atoms with Crippen molar-refractivity contribution >= 4 is 17.9 Å². The van der Waals surface area contributed by atoms with Crippen LogP contribution in [-0.2, 0) is 33.6 Å². The van der Waals surface area contributed by atoms with E-state index in [1.807, 2.05) is 18.2 Å². The van der Waals surface area contributed by atoms with Gasteiger partial charge in [-0.2, -0.15) is 119 Å². The lowest BCUT2D eigenvalue weighted by molar-refractivity contribution is -0.396. The van der Waals surface area contributed by atoms with Crippen LogP contribution in [0.25, 0.3) is 0 Å². The summed E-state index contributed by atoms with van der Waals surface area (Å²) in [4.78, 5) is 34.7. The zero-order valence-corrected chi connectivity index (χ0v) is 81.5. The molecule has 39 heteroatoms. The van der Waals surface area contributed by atoms with Crippen LogP contribution >= 0.6 is 0 Å². The van der Waals surface area contributed by atoms with Crippen LogP contribution in [0, 0.1) is 87.3 Å². The fraction of sp³-hybridized carbons (Fsp3) is 0.800. The number of aromatic hydroxyl groups is 3. The molecule has 144 heavy (non-hydrogen) atoms. The third-order valence-corrected chi connectivity index (χ3v) is 35.4. The highest BCUT2D eigenvalue weighted by atomic mass is 19.4. The molecule has 12 nitrogen and oxygen atoms in total. The number of aliphatic hydroxyl groups is 3. The number of hydrogen-bond acceptors (Lipinski definition) is 9. The third kappa shape index (κ3) is 25.7. The number of benzene rings is 3. The number of alkyl halides is 27. The minimum absolute atomic E-state index is 0.0411. The van der Waals surface area contributed by atoms with Crippen molar-refractivity contribution in [1.82, 2.24) is 0 Å². The third-order valence-electron chi connectivity index (χ3n) is 35.4. The second kappa shape index (κ2) is 47.1. The summed E-state index contributed by atoms with van der Waals surface area (Å²) in [7, 11) is 0.